The van der Waals surface area contributed by atoms with Gasteiger partial charge in [0.15, 0.2) is 5.82 Å². The average Bonchev–Trinajstić information content (AvgIpc) is 3.01. The Hall–Kier alpha value is -3.59. The number of aromatic nitrogens is 2. The molecule has 3 N–H and O–H groups in total. The number of rotatable bonds is 4. The van der Waals surface area contributed by atoms with Crippen LogP contribution in [-0.2, 0) is 0 Å². The summed E-state index contributed by atoms with van der Waals surface area (Å²) in [6.45, 7) is -0.0890. The molecule has 0 atom stereocenters. The van der Waals surface area contributed by atoms with E-state index >= 15 is 0 Å². The molecule has 3 rings (SSSR count). The molecule has 3 aromatic rings. The highest BCUT2D eigenvalue weighted by Crippen LogP contribution is 2.19. The SMILES string of the molecule is N#C/C(=C(/O)CN=Cc1ccccc1O)c1nc2ccccc2[nH]1. The summed E-state index contributed by atoms with van der Waals surface area (Å²) in [4.78, 5) is 11.4. The van der Waals surface area contributed by atoms with E-state index in [9.17, 15) is 15.5 Å². The Morgan fingerprint density at radius 1 is 1.21 bits per heavy atom. The maximum Gasteiger partial charge on any atom is 0.152 e. The normalized spacial score (nSPS) is 12.3. The number of hydrogen-bond donors (Lipinski definition) is 3. The van der Waals surface area contributed by atoms with Crippen LogP contribution in [0.25, 0.3) is 16.6 Å². The number of hydrogen-bond acceptors (Lipinski definition) is 5. The Balaban J connectivity index is 1.85. The number of nitriles is 1. The fourth-order valence-electron chi connectivity index (χ4n) is 2.23. The maximum absolute atomic E-state index is 10.2. The van der Waals surface area contributed by atoms with Crippen LogP contribution in [0.4, 0.5) is 0 Å². The van der Waals surface area contributed by atoms with E-state index in [0.717, 1.165) is 5.52 Å². The van der Waals surface area contributed by atoms with Gasteiger partial charge in [0.1, 0.15) is 23.2 Å². The van der Waals surface area contributed by atoms with Crippen molar-refractivity contribution in [2.24, 2.45) is 4.99 Å². The molecule has 0 fully saturated rings. The van der Waals surface area contributed by atoms with Crippen LogP contribution in [0.3, 0.4) is 0 Å². The van der Waals surface area contributed by atoms with E-state index in [-0.39, 0.29) is 23.6 Å². The molecule has 0 saturated heterocycles. The Morgan fingerprint density at radius 2 is 1.96 bits per heavy atom. The summed E-state index contributed by atoms with van der Waals surface area (Å²) in [5.74, 6) is 0.208. The van der Waals surface area contributed by atoms with Crippen LogP contribution in [0.2, 0.25) is 0 Å². The van der Waals surface area contributed by atoms with Crippen LogP contribution in [-0.4, -0.2) is 32.9 Å². The van der Waals surface area contributed by atoms with E-state index in [2.05, 4.69) is 15.0 Å². The number of para-hydroxylation sites is 3. The number of aliphatic imine (C=N–C) groups is 1. The summed E-state index contributed by atoms with van der Waals surface area (Å²) in [6.07, 6.45) is 1.44. The van der Waals surface area contributed by atoms with E-state index in [1.54, 1.807) is 24.3 Å². The summed E-state index contributed by atoms with van der Waals surface area (Å²) in [7, 11) is 0. The number of nitrogens with zero attached hydrogens (tertiary/aromatic N) is 3. The smallest absolute Gasteiger partial charge is 0.152 e. The van der Waals surface area contributed by atoms with Crippen molar-refractivity contribution in [3.8, 4) is 11.8 Å². The number of H-pyrrole nitrogens is 1. The van der Waals surface area contributed by atoms with Crippen molar-refractivity contribution in [2.75, 3.05) is 6.54 Å². The Labute approximate surface area is 138 Å². The number of allylic oxidation sites excluding steroid dienone is 1. The van der Waals surface area contributed by atoms with Gasteiger partial charge in [-0.15, -0.1) is 0 Å². The second-order valence-corrected chi connectivity index (χ2v) is 5.06. The third-order valence-corrected chi connectivity index (χ3v) is 3.43. The number of nitrogens with one attached hydrogen (secondary N) is 1. The highest BCUT2D eigenvalue weighted by Gasteiger charge is 2.12. The summed E-state index contributed by atoms with van der Waals surface area (Å²) in [5, 5.41) is 29.1. The van der Waals surface area contributed by atoms with Crippen LogP contribution in [0, 0.1) is 11.3 Å². The highest BCUT2D eigenvalue weighted by molar-refractivity contribution is 5.84. The van der Waals surface area contributed by atoms with Gasteiger partial charge in [-0.1, -0.05) is 24.3 Å². The van der Waals surface area contributed by atoms with E-state index in [4.69, 9.17) is 0 Å². The van der Waals surface area contributed by atoms with Crippen molar-refractivity contribution in [1.29, 1.82) is 5.26 Å². The lowest BCUT2D eigenvalue weighted by molar-refractivity contribution is 0.407. The molecular weight excluding hydrogens is 304 g/mol. The second-order valence-electron chi connectivity index (χ2n) is 5.06. The largest absolute Gasteiger partial charge is 0.509 e. The van der Waals surface area contributed by atoms with Crippen molar-refractivity contribution in [3.63, 3.8) is 0 Å². The Morgan fingerprint density at radius 3 is 2.71 bits per heavy atom. The number of fused-ring (bicyclic) bond motifs is 1. The molecule has 1 heterocycles. The Bertz CT molecular complexity index is 947. The molecule has 0 radical (unpaired) electrons. The van der Waals surface area contributed by atoms with Gasteiger partial charge in [0.25, 0.3) is 0 Å². The zero-order valence-corrected chi connectivity index (χ0v) is 12.6. The predicted molar refractivity (Wildman–Crippen MR) is 91.8 cm³/mol. The Kier molecular flexibility index (Phi) is 4.25. The molecule has 0 bridgehead atoms. The summed E-state index contributed by atoms with van der Waals surface area (Å²) >= 11 is 0. The standard InChI is InChI=1S/C18H14N4O2/c19-9-13(18-21-14-6-2-3-7-15(14)22-18)17(24)11-20-10-12-5-1-4-8-16(12)23/h1-8,10,23-24H,11H2,(H,21,22)/b17-13-,20-10?. The first-order valence-electron chi connectivity index (χ1n) is 7.24. The fraction of sp³-hybridized carbons (Fsp3) is 0.0556. The molecule has 0 aliphatic rings. The van der Waals surface area contributed by atoms with Gasteiger partial charge in [0.2, 0.25) is 0 Å². The number of aliphatic hydroxyl groups is 1. The van der Waals surface area contributed by atoms with Crippen LogP contribution in [0.15, 0.2) is 59.3 Å². The summed E-state index contributed by atoms with van der Waals surface area (Å²) in [6, 6.07) is 16.0. The molecule has 0 spiro atoms. The molecule has 0 aliphatic heterocycles. The minimum atomic E-state index is -0.191. The number of imidazole rings is 1. The van der Waals surface area contributed by atoms with Gasteiger partial charge < -0.3 is 15.2 Å². The van der Waals surface area contributed by atoms with E-state index in [0.29, 0.717) is 16.9 Å². The zero-order valence-electron chi connectivity index (χ0n) is 12.6. The summed E-state index contributed by atoms with van der Waals surface area (Å²) in [5.41, 5.74) is 2.07. The molecule has 0 aliphatic carbocycles. The molecule has 1 aromatic heterocycles. The number of aromatic hydroxyl groups is 1. The van der Waals surface area contributed by atoms with Crippen molar-refractivity contribution < 1.29 is 10.2 Å². The minimum Gasteiger partial charge on any atom is -0.509 e. The van der Waals surface area contributed by atoms with Gasteiger partial charge >= 0.3 is 0 Å². The lowest BCUT2D eigenvalue weighted by Crippen LogP contribution is -1.96. The quantitative estimate of drug-likeness (QED) is 0.390. The van der Waals surface area contributed by atoms with E-state index < -0.39 is 0 Å². The van der Waals surface area contributed by atoms with Crippen LogP contribution in [0.1, 0.15) is 11.4 Å². The van der Waals surface area contributed by atoms with Gasteiger partial charge in [-0.25, -0.2) is 4.98 Å². The molecule has 0 saturated carbocycles. The van der Waals surface area contributed by atoms with Gasteiger partial charge in [-0.05, 0) is 24.3 Å². The highest BCUT2D eigenvalue weighted by atomic mass is 16.3. The maximum atomic E-state index is 10.2. The van der Waals surface area contributed by atoms with Crippen LogP contribution >= 0.6 is 0 Å². The molecule has 24 heavy (non-hydrogen) atoms. The van der Waals surface area contributed by atoms with Crippen molar-refractivity contribution in [3.05, 3.63) is 65.7 Å². The lowest BCUT2D eigenvalue weighted by atomic mass is 10.2. The topological polar surface area (TPSA) is 105 Å². The first-order valence-corrected chi connectivity index (χ1v) is 7.24. The third kappa shape index (κ3) is 3.10. The van der Waals surface area contributed by atoms with Gasteiger partial charge in [0.05, 0.1) is 17.6 Å². The van der Waals surface area contributed by atoms with Crippen molar-refractivity contribution in [1.82, 2.24) is 9.97 Å². The monoisotopic (exact) mass is 318 g/mol. The average molecular weight is 318 g/mol. The molecule has 6 heteroatoms. The fourth-order valence-corrected chi connectivity index (χ4v) is 2.23. The van der Waals surface area contributed by atoms with Crippen molar-refractivity contribution in [2.45, 2.75) is 0 Å². The number of aromatic amines is 1. The number of aliphatic hydroxyl groups excluding tert-OH is 1. The summed E-state index contributed by atoms with van der Waals surface area (Å²) < 4.78 is 0. The van der Waals surface area contributed by atoms with Crippen molar-refractivity contribution >= 4 is 22.8 Å². The van der Waals surface area contributed by atoms with Crippen LogP contribution < -0.4 is 0 Å². The van der Waals surface area contributed by atoms with Gasteiger partial charge in [-0.3, -0.25) is 4.99 Å². The lowest BCUT2D eigenvalue weighted by Gasteiger charge is -2.00. The third-order valence-electron chi connectivity index (χ3n) is 3.43. The minimum absolute atomic E-state index is 0.0423. The molecule has 118 valence electrons. The zero-order chi connectivity index (χ0) is 16.9. The number of phenols is 1. The first kappa shape index (κ1) is 15.3. The van der Waals surface area contributed by atoms with Gasteiger partial charge in [0, 0.05) is 11.8 Å². The molecular formula is C18H14N4O2. The van der Waals surface area contributed by atoms with Crippen LogP contribution in [0.5, 0.6) is 5.75 Å². The van der Waals surface area contributed by atoms with E-state index in [1.165, 1.54) is 6.21 Å². The van der Waals surface area contributed by atoms with Gasteiger partial charge in [-0.2, -0.15) is 5.26 Å². The second kappa shape index (κ2) is 6.67. The molecule has 0 unspecified atom stereocenters. The molecule has 6 nitrogen and oxygen atoms in total. The number of phenolic OH excluding ortho intramolecular Hbond substituents is 1. The molecule has 2 aromatic carbocycles. The molecule has 0 amide bonds. The predicted octanol–water partition coefficient (Wildman–Crippen LogP) is 3.18. The number of benzene rings is 2. The van der Waals surface area contributed by atoms with E-state index in [1.807, 2.05) is 30.3 Å². The first-order chi connectivity index (χ1) is 11.7.